The Bertz CT molecular complexity index is 1150. The molecule has 0 fully saturated rings. The SMILES string of the molecule is COc1ccc(-c2cc(NS(=O)(=O)c3ccc(F)c(F)c3)ccc2OC(F)F)cc1. The molecule has 0 amide bonds. The third kappa shape index (κ3) is 4.82. The molecule has 0 aliphatic heterocycles. The van der Waals surface area contributed by atoms with Gasteiger partial charge in [-0.25, -0.2) is 17.2 Å². The molecule has 3 aromatic rings. The second-order valence-electron chi connectivity index (χ2n) is 6.00. The highest BCUT2D eigenvalue weighted by molar-refractivity contribution is 7.92. The topological polar surface area (TPSA) is 64.6 Å². The maximum atomic E-state index is 13.4. The van der Waals surface area contributed by atoms with Crippen molar-refractivity contribution in [2.45, 2.75) is 11.5 Å². The minimum Gasteiger partial charge on any atom is -0.497 e. The zero-order valence-electron chi connectivity index (χ0n) is 15.4. The molecule has 0 aliphatic rings. The van der Waals surface area contributed by atoms with E-state index < -0.39 is 33.2 Å². The molecule has 30 heavy (non-hydrogen) atoms. The zero-order chi connectivity index (χ0) is 21.9. The van der Waals surface area contributed by atoms with Gasteiger partial charge in [-0.15, -0.1) is 0 Å². The summed E-state index contributed by atoms with van der Waals surface area (Å²) in [6.07, 6.45) is 0. The number of sulfonamides is 1. The summed E-state index contributed by atoms with van der Waals surface area (Å²) in [5, 5.41) is 0. The lowest BCUT2D eigenvalue weighted by Crippen LogP contribution is -2.13. The highest BCUT2D eigenvalue weighted by Crippen LogP contribution is 2.35. The van der Waals surface area contributed by atoms with Crippen LogP contribution in [0.15, 0.2) is 65.6 Å². The number of nitrogens with one attached hydrogen (secondary N) is 1. The summed E-state index contributed by atoms with van der Waals surface area (Å²) in [6.45, 7) is -3.09. The van der Waals surface area contributed by atoms with Crippen LogP contribution >= 0.6 is 0 Å². The molecule has 158 valence electrons. The molecule has 0 saturated carbocycles. The number of hydrogen-bond donors (Lipinski definition) is 1. The number of methoxy groups -OCH3 is 1. The van der Waals surface area contributed by atoms with Crippen LogP contribution in [0.5, 0.6) is 11.5 Å². The molecule has 0 atom stereocenters. The molecule has 0 radical (unpaired) electrons. The third-order valence-electron chi connectivity index (χ3n) is 4.05. The minimum atomic E-state index is -4.26. The first-order chi connectivity index (χ1) is 14.2. The van der Waals surface area contributed by atoms with Crippen LogP contribution in [0, 0.1) is 11.6 Å². The van der Waals surface area contributed by atoms with E-state index in [0.717, 1.165) is 6.07 Å². The number of halogens is 4. The molecular formula is C20H15F4NO4S. The van der Waals surface area contributed by atoms with Gasteiger partial charge in [0.25, 0.3) is 10.0 Å². The van der Waals surface area contributed by atoms with E-state index in [2.05, 4.69) is 9.46 Å². The molecular weight excluding hydrogens is 426 g/mol. The van der Waals surface area contributed by atoms with E-state index in [-0.39, 0.29) is 17.0 Å². The van der Waals surface area contributed by atoms with E-state index >= 15 is 0 Å². The van der Waals surface area contributed by atoms with Crippen molar-refractivity contribution in [3.05, 3.63) is 72.3 Å². The quantitative estimate of drug-likeness (QED) is 0.522. The molecule has 3 aromatic carbocycles. The van der Waals surface area contributed by atoms with Crippen molar-refractivity contribution in [2.75, 3.05) is 11.8 Å². The number of alkyl halides is 2. The first kappa shape index (κ1) is 21.4. The molecule has 10 heteroatoms. The standard InChI is InChI=1S/C20H15F4NO4S/c1-28-14-5-2-12(3-6-14)16-10-13(4-9-19(16)29-20(23)24)25-30(26,27)15-7-8-17(21)18(22)11-15/h2-11,20,25H,1H3. The summed E-state index contributed by atoms with van der Waals surface area (Å²) in [6, 6.07) is 12.2. The molecule has 0 bridgehead atoms. The van der Waals surface area contributed by atoms with Gasteiger partial charge in [-0.3, -0.25) is 4.72 Å². The van der Waals surface area contributed by atoms with Gasteiger partial charge in [0.2, 0.25) is 0 Å². The summed E-state index contributed by atoms with van der Waals surface area (Å²) in [5.41, 5.74) is 0.649. The molecule has 0 heterocycles. The Morgan fingerprint density at radius 1 is 0.900 bits per heavy atom. The number of ether oxygens (including phenoxy) is 2. The van der Waals surface area contributed by atoms with Crippen LogP contribution in [0.4, 0.5) is 23.2 Å². The van der Waals surface area contributed by atoms with Gasteiger partial charge in [0.15, 0.2) is 11.6 Å². The molecule has 0 saturated heterocycles. The van der Waals surface area contributed by atoms with Gasteiger partial charge in [-0.05, 0) is 54.1 Å². The first-order valence-electron chi connectivity index (χ1n) is 8.41. The Kier molecular flexibility index (Phi) is 6.16. The van der Waals surface area contributed by atoms with Gasteiger partial charge in [0.1, 0.15) is 11.5 Å². The average Bonchev–Trinajstić information content (AvgIpc) is 2.70. The fourth-order valence-corrected chi connectivity index (χ4v) is 3.71. The van der Waals surface area contributed by atoms with Gasteiger partial charge in [-0.1, -0.05) is 12.1 Å². The largest absolute Gasteiger partial charge is 0.497 e. The van der Waals surface area contributed by atoms with Crippen molar-refractivity contribution < 1.29 is 35.5 Å². The fourth-order valence-electron chi connectivity index (χ4n) is 2.65. The normalized spacial score (nSPS) is 11.4. The molecule has 3 rings (SSSR count). The Labute approximate surface area is 169 Å². The average molecular weight is 441 g/mol. The molecule has 0 aliphatic carbocycles. The van der Waals surface area contributed by atoms with Gasteiger partial charge in [-0.2, -0.15) is 8.78 Å². The lowest BCUT2D eigenvalue weighted by Gasteiger charge is -2.14. The third-order valence-corrected chi connectivity index (χ3v) is 5.43. The maximum absolute atomic E-state index is 13.4. The van der Waals surface area contributed by atoms with Crippen molar-refractivity contribution in [1.29, 1.82) is 0 Å². The van der Waals surface area contributed by atoms with Gasteiger partial charge in [0, 0.05) is 11.3 Å². The fraction of sp³-hybridized carbons (Fsp3) is 0.100. The van der Waals surface area contributed by atoms with E-state index in [1.807, 2.05) is 0 Å². The summed E-state index contributed by atoms with van der Waals surface area (Å²) in [5.74, 6) is -2.15. The van der Waals surface area contributed by atoms with Crippen LogP contribution in [0.1, 0.15) is 0 Å². The van der Waals surface area contributed by atoms with Crippen molar-refractivity contribution in [1.82, 2.24) is 0 Å². The van der Waals surface area contributed by atoms with Gasteiger partial charge >= 0.3 is 6.61 Å². The Morgan fingerprint density at radius 3 is 2.20 bits per heavy atom. The second kappa shape index (κ2) is 8.62. The predicted molar refractivity (Wildman–Crippen MR) is 102 cm³/mol. The van der Waals surface area contributed by atoms with E-state index in [9.17, 15) is 26.0 Å². The van der Waals surface area contributed by atoms with Crippen LogP contribution in [0.2, 0.25) is 0 Å². The summed E-state index contributed by atoms with van der Waals surface area (Å²) >= 11 is 0. The summed E-state index contributed by atoms with van der Waals surface area (Å²) in [7, 11) is -2.80. The lowest BCUT2D eigenvalue weighted by molar-refractivity contribution is -0.0494. The first-order valence-corrected chi connectivity index (χ1v) is 9.89. The number of rotatable bonds is 7. The molecule has 0 aromatic heterocycles. The maximum Gasteiger partial charge on any atom is 0.387 e. The van der Waals surface area contributed by atoms with Crippen LogP contribution in [-0.4, -0.2) is 22.1 Å². The zero-order valence-corrected chi connectivity index (χ0v) is 16.2. The summed E-state index contributed by atoms with van der Waals surface area (Å²) < 4.78 is 88.8. The van der Waals surface area contributed by atoms with Crippen LogP contribution in [0.3, 0.4) is 0 Å². The summed E-state index contributed by atoms with van der Waals surface area (Å²) in [4.78, 5) is -0.500. The number of anilines is 1. The molecule has 5 nitrogen and oxygen atoms in total. The van der Waals surface area contributed by atoms with Crippen molar-refractivity contribution >= 4 is 15.7 Å². The highest BCUT2D eigenvalue weighted by Gasteiger charge is 2.19. The molecule has 0 unspecified atom stereocenters. The van der Waals surface area contributed by atoms with Crippen molar-refractivity contribution in [2.24, 2.45) is 0 Å². The smallest absolute Gasteiger partial charge is 0.387 e. The molecule has 0 spiro atoms. The Hall–Kier alpha value is -3.27. The van der Waals surface area contributed by atoms with Crippen LogP contribution < -0.4 is 14.2 Å². The van der Waals surface area contributed by atoms with Crippen LogP contribution in [0.25, 0.3) is 11.1 Å². The van der Waals surface area contributed by atoms with Crippen molar-refractivity contribution in [3.8, 4) is 22.6 Å². The highest BCUT2D eigenvalue weighted by atomic mass is 32.2. The van der Waals surface area contributed by atoms with E-state index in [1.165, 1.54) is 25.3 Å². The Morgan fingerprint density at radius 2 is 1.60 bits per heavy atom. The van der Waals surface area contributed by atoms with Gasteiger partial charge < -0.3 is 9.47 Å². The lowest BCUT2D eigenvalue weighted by atomic mass is 10.0. The molecule has 1 N–H and O–H groups in total. The van der Waals surface area contributed by atoms with Crippen LogP contribution in [-0.2, 0) is 10.0 Å². The van der Waals surface area contributed by atoms with E-state index in [1.54, 1.807) is 24.3 Å². The predicted octanol–water partition coefficient (Wildman–Crippen LogP) is 5.04. The number of hydrogen-bond acceptors (Lipinski definition) is 4. The second-order valence-corrected chi connectivity index (χ2v) is 7.68. The van der Waals surface area contributed by atoms with Gasteiger partial charge in [0.05, 0.1) is 12.0 Å². The monoisotopic (exact) mass is 441 g/mol. The van der Waals surface area contributed by atoms with Crippen molar-refractivity contribution in [3.63, 3.8) is 0 Å². The Balaban J connectivity index is 1.99. The minimum absolute atomic E-state index is 0.00664. The number of benzene rings is 3. The van der Waals surface area contributed by atoms with E-state index in [0.29, 0.717) is 23.4 Å². The van der Waals surface area contributed by atoms with E-state index in [4.69, 9.17) is 4.74 Å².